The van der Waals surface area contributed by atoms with E-state index in [1.807, 2.05) is 12.3 Å². The van der Waals surface area contributed by atoms with Gasteiger partial charge in [-0.15, -0.1) is 11.8 Å². The number of aromatic nitrogens is 2. The van der Waals surface area contributed by atoms with Crippen LogP contribution < -0.4 is 5.32 Å². The van der Waals surface area contributed by atoms with Crippen molar-refractivity contribution >= 4 is 17.6 Å². The average molecular weight is 254 g/mol. The molecule has 17 heavy (non-hydrogen) atoms. The zero-order chi connectivity index (χ0) is 12.5. The monoisotopic (exact) mass is 254 g/mol. The van der Waals surface area contributed by atoms with E-state index in [0.29, 0.717) is 0 Å². The minimum Gasteiger partial charge on any atom is -0.369 e. The molecule has 0 unspecified atom stereocenters. The third-order valence-corrected chi connectivity index (χ3v) is 3.21. The smallest absolute Gasteiger partial charge is 0.130 e. The molecule has 0 atom stereocenters. The van der Waals surface area contributed by atoms with E-state index in [9.17, 15) is 0 Å². The maximum absolute atomic E-state index is 4.20. The van der Waals surface area contributed by atoms with Crippen LogP contribution >= 0.6 is 11.8 Å². The largest absolute Gasteiger partial charge is 0.369 e. The van der Waals surface area contributed by atoms with E-state index in [-0.39, 0.29) is 0 Å². The molecule has 0 spiro atoms. The van der Waals surface area contributed by atoms with Crippen molar-refractivity contribution in [3.63, 3.8) is 0 Å². The molecule has 0 aliphatic carbocycles. The summed E-state index contributed by atoms with van der Waals surface area (Å²) in [5.41, 5.74) is 0. The standard InChI is InChI=1S/C12H22N4S/c1-4-7-16(5-2)8-6-13-11-9-12(17-3)15-10-14-11/h9-10H,4-8H2,1-3H3,(H,13,14,15). The van der Waals surface area contributed by atoms with Crippen molar-refractivity contribution in [1.29, 1.82) is 0 Å². The topological polar surface area (TPSA) is 41.0 Å². The summed E-state index contributed by atoms with van der Waals surface area (Å²) in [4.78, 5) is 10.8. The molecule has 1 N–H and O–H groups in total. The Hall–Kier alpha value is -0.810. The van der Waals surface area contributed by atoms with Gasteiger partial charge in [-0.3, -0.25) is 0 Å². The molecule has 0 fully saturated rings. The van der Waals surface area contributed by atoms with Gasteiger partial charge in [0.2, 0.25) is 0 Å². The van der Waals surface area contributed by atoms with E-state index in [0.717, 1.165) is 37.0 Å². The van der Waals surface area contributed by atoms with Crippen LogP contribution in [0, 0.1) is 0 Å². The van der Waals surface area contributed by atoms with Gasteiger partial charge in [-0.05, 0) is 25.8 Å². The molecule has 5 heteroatoms. The average Bonchev–Trinajstić information content (AvgIpc) is 2.38. The molecule has 96 valence electrons. The number of rotatable bonds is 8. The first-order chi connectivity index (χ1) is 8.30. The predicted molar refractivity (Wildman–Crippen MR) is 74.7 cm³/mol. The molecule has 0 aromatic carbocycles. The van der Waals surface area contributed by atoms with E-state index in [4.69, 9.17) is 0 Å². The molecule has 0 aliphatic heterocycles. The Bertz CT molecular complexity index is 319. The lowest BCUT2D eigenvalue weighted by molar-refractivity contribution is 0.300. The number of thioether (sulfide) groups is 1. The van der Waals surface area contributed by atoms with Crippen LogP contribution in [0.15, 0.2) is 17.4 Å². The zero-order valence-electron chi connectivity index (χ0n) is 10.9. The van der Waals surface area contributed by atoms with Crippen LogP contribution in [0.25, 0.3) is 0 Å². The fourth-order valence-corrected chi connectivity index (χ4v) is 2.02. The predicted octanol–water partition coefficient (Wildman–Crippen LogP) is 2.34. The number of anilines is 1. The number of hydrogen-bond donors (Lipinski definition) is 1. The second kappa shape index (κ2) is 8.31. The SMILES string of the molecule is CCCN(CC)CCNc1cc(SC)ncn1. The third kappa shape index (κ3) is 5.37. The highest BCUT2D eigenvalue weighted by atomic mass is 32.2. The van der Waals surface area contributed by atoms with Crippen LogP contribution in [-0.4, -0.2) is 47.3 Å². The summed E-state index contributed by atoms with van der Waals surface area (Å²) in [6, 6.07) is 1.99. The lowest BCUT2D eigenvalue weighted by Crippen LogP contribution is -2.29. The molecular weight excluding hydrogens is 232 g/mol. The van der Waals surface area contributed by atoms with Crippen molar-refractivity contribution < 1.29 is 0 Å². The van der Waals surface area contributed by atoms with Gasteiger partial charge in [0.25, 0.3) is 0 Å². The highest BCUT2D eigenvalue weighted by molar-refractivity contribution is 7.98. The van der Waals surface area contributed by atoms with Crippen LogP contribution in [0.3, 0.4) is 0 Å². The van der Waals surface area contributed by atoms with Crippen molar-refractivity contribution in [3.8, 4) is 0 Å². The molecule has 1 aromatic heterocycles. The normalized spacial score (nSPS) is 10.8. The fourth-order valence-electron chi connectivity index (χ4n) is 1.63. The van der Waals surface area contributed by atoms with Crippen LogP contribution in [0.4, 0.5) is 5.82 Å². The minimum atomic E-state index is 0.914. The summed E-state index contributed by atoms with van der Waals surface area (Å²) >= 11 is 1.63. The van der Waals surface area contributed by atoms with Crippen molar-refractivity contribution in [2.45, 2.75) is 25.3 Å². The van der Waals surface area contributed by atoms with Gasteiger partial charge in [-0.2, -0.15) is 0 Å². The third-order valence-electron chi connectivity index (χ3n) is 2.57. The Morgan fingerprint density at radius 1 is 1.29 bits per heavy atom. The van der Waals surface area contributed by atoms with Crippen molar-refractivity contribution in [2.75, 3.05) is 37.8 Å². The minimum absolute atomic E-state index is 0.914. The van der Waals surface area contributed by atoms with E-state index in [2.05, 4.69) is 34.0 Å². The van der Waals surface area contributed by atoms with Gasteiger partial charge in [0.1, 0.15) is 17.2 Å². The lowest BCUT2D eigenvalue weighted by Gasteiger charge is -2.19. The fraction of sp³-hybridized carbons (Fsp3) is 0.667. The molecule has 0 saturated carbocycles. The van der Waals surface area contributed by atoms with Gasteiger partial charge in [-0.1, -0.05) is 13.8 Å². The van der Waals surface area contributed by atoms with E-state index in [1.54, 1.807) is 18.1 Å². The summed E-state index contributed by atoms with van der Waals surface area (Å²) in [7, 11) is 0. The Kier molecular flexibility index (Phi) is 6.96. The van der Waals surface area contributed by atoms with Crippen LogP contribution in [-0.2, 0) is 0 Å². The van der Waals surface area contributed by atoms with Gasteiger partial charge < -0.3 is 10.2 Å². The van der Waals surface area contributed by atoms with Crippen LogP contribution in [0.2, 0.25) is 0 Å². The van der Waals surface area contributed by atoms with E-state index >= 15 is 0 Å². The molecule has 4 nitrogen and oxygen atoms in total. The van der Waals surface area contributed by atoms with E-state index in [1.165, 1.54) is 6.42 Å². The first-order valence-corrected chi connectivity index (χ1v) is 7.34. The Morgan fingerprint density at radius 2 is 2.12 bits per heavy atom. The van der Waals surface area contributed by atoms with E-state index < -0.39 is 0 Å². The molecule has 0 aliphatic rings. The van der Waals surface area contributed by atoms with Gasteiger partial charge in [0, 0.05) is 19.2 Å². The first kappa shape index (κ1) is 14.3. The molecule has 0 amide bonds. The molecule has 0 saturated heterocycles. The van der Waals surface area contributed by atoms with Crippen molar-refractivity contribution in [3.05, 3.63) is 12.4 Å². The summed E-state index contributed by atoms with van der Waals surface area (Å²) in [5, 5.41) is 4.34. The van der Waals surface area contributed by atoms with Crippen molar-refractivity contribution in [1.82, 2.24) is 14.9 Å². The van der Waals surface area contributed by atoms with Gasteiger partial charge in [0.15, 0.2) is 0 Å². The second-order valence-corrected chi connectivity index (χ2v) is 4.63. The summed E-state index contributed by atoms with van der Waals surface area (Å²) < 4.78 is 0. The molecule has 1 heterocycles. The molecule has 0 bridgehead atoms. The zero-order valence-corrected chi connectivity index (χ0v) is 11.8. The summed E-state index contributed by atoms with van der Waals surface area (Å²) in [6.45, 7) is 8.67. The summed E-state index contributed by atoms with van der Waals surface area (Å²) in [5.74, 6) is 0.914. The number of nitrogens with one attached hydrogen (secondary N) is 1. The molecule has 0 radical (unpaired) electrons. The highest BCUT2D eigenvalue weighted by Crippen LogP contribution is 2.13. The first-order valence-electron chi connectivity index (χ1n) is 6.12. The quantitative estimate of drug-likeness (QED) is 0.569. The van der Waals surface area contributed by atoms with Crippen molar-refractivity contribution in [2.24, 2.45) is 0 Å². The number of hydrogen-bond acceptors (Lipinski definition) is 5. The second-order valence-electron chi connectivity index (χ2n) is 3.81. The maximum atomic E-state index is 4.20. The number of nitrogens with zero attached hydrogens (tertiary/aromatic N) is 3. The molecule has 1 rings (SSSR count). The Morgan fingerprint density at radius 3 is 2.76 bits per heavy atom. The summed E-state index contributed by atoms with van der Waals surface area (Å²) in [6.07, 6.45) is 4.84. The van der Waals surface area contributed by atoms with Gasteiger partial charge in [0.05, 0.1) is 0 Å². The van der Waals surface area contributed by atoms with Gasteiger partial charge >= 0.3 is 0 Å². The number of likely N-dealkylation sites (N-methyl/N-ethyl adjacent to an activating group) is 1. The Labute approximate surface area is 108 Å². The lowest BCUT2D eigenvalue weighted by atomic mass is 10.4. The highest BCUT2D eigenvalue weighted by Gasteiger charge is 2.01. The maximum Gasteiger partial charge on any atom is 0.130 e. The van der Waals surface area contributed by atoms with Gasteiger partial charge in [-0.25, -0.2) is 9.97 Å². The molecule has 1 aromatic rings. The Balaban J connectivity index is 2.34. The van der Waals surface area contributed by atoms with Crippen LogP contribution in [0.5, 0.6) is 0 Å². The van der Waals surface area contributed by atoms with Crippen LogP contribution in [0.1, 0.15) is 20.3 Å². The molecular formula is C12H22N4S.